The van der Waals surface area contributed by atoms with E-state index in [9.17, 15) is 4.57 Å². The highest BCUT2D eigenvalue weighted by Crippen LogP contribution is 2.26. The van der Waals surface area contributed by atoms with Crippen molar-refractivity contribution in [2.24, 2.45) is 0 Å². The van der Waals surface area contributed by atoms with Crippen molar-refractivity contribution in [3.05, 3.63) is 0 Å². The third kappa shape index (κ3) is 36.1. The molecule has 0 atom stereocenters. The smallest absolute Gasteiger partial charge is 0.322 e. The van der Waals surface area contributed by atoms with Gasteiger partial charge in [0.25, 0.3) is 0 Å². The van der Waals surface area contributed by atoms with Gasteiger partial charge in [-0.2, -0.15) is 0 Å². The SMILES string of the molecule is C1COCCN1.C1COCCN1.CP(=O)(O)O.O=[SH-]=O. The van der Waals surface area contributed by atoms with Gasteiger partial charge in [-0.15, -0.1) is 0 Å². The maximum atomic E-state index is 9.33. The Bertz CT molecular complexity index is 232. The van der Waals surface area contributed by atoms with Gasteiger partial charge in [0, 0.05) is 32.8 Å². The van der Waals surface area contributed by atoms with Crippen molar-refractivity contribution in [2.45, 2.75) is 0 Å². The van der Waals surface area contributed by atoms with Crippen molar-refractivity contribution in [1.29, 1.82) is 0 Å². The Morgan fingerprint density at radius 3 is 1.15 bits per heavy atom. The highest BCUT2D eigenvalue weighted by molar-refractivity contribution is 7.51. The minimum absolute atomic E-state index is 0.854. The molecule has 0 saturated carbocycles. The standard InChI is InChI=1S/2C4H9NO.CH5O3P.HO2S/c2*1-3-6-4-2-5-1;1-5(2,3)4;1-3-2/h2*5H,1-4H2;1H3,(H2,2,3,4);3H/q;;;-1. The van der Waals surface area contributed by atoms with Crippen LogP contribution in [0.5, 0.6) is 0 Å². The van der Waals surface area contributed by atoms with Gasteiger partial charge in [0.1, 0.15) is 0 Å². The fraction of sp³-hybridized carbons (Fsp3) is 1.00. The highest BCUT2D eigenvalue weighted by Gasteiger charge is 1.95. The summed E-state index contributed by atoms with van der Waals surface area (Å²) in [6, 6.07) is 0. The second kappa shape index (κ2) is 17.0. The predicted octanol–water partition coefficient (Wildman–Crippen LogP) is -1.50. The normalized spacial score (nSPS) is 18.1. The molecule has 20 heavy (non-hydrogen) atoms. The molecule has 0 aromatic heterocycles. The van der Waals surface area contributed by atoms with Gasteiger partial charge in [-0.1, -0.05) is 11.6 Å². The van der Waals surface area contributed by atoms with Crippen molar-refractivity contribution >= 4 is 19.2 Å². The van der Waals surface area contributed by atoms with Crippen LogP contribution < -0.4 is 10.6 Å². The molecule has 0 radical (unpaired) electrons. The molecule has 124 valence electrons. The molecule has 4 N–H and O–H groups in total. The summed E-state index contributed by atoms with van der Waals surface area (Å²) in [6.45, 7) is 8.52. The van der Waals surface area contributed by atoms with Gasteiger partial charge in [-0.25, -0.2) is 0 Å². The lowest BCUT2D eigenvalue weighted by Crippen LogP contribution is -2.30. The first kappa shape index (κ1) is 22.2. The minimum atomic E-state index is -3.64. The van der Waals surface area contributed by atoms with E-state index in [4.69, 9.17) is 27.7 Å². The highest BCUT2D eigenvalue weighted by atomic mass is 32.1. The molecule has 0 unspecified atom stereocenters. The molecule has 2 saturated heterocycles. The lowest BCUT2D eigenvalue weighted by atomic mass is 10.5. The Labute approximate surface area is 122 Å². The molecule has 2 fully saturated rings. The largest absolute Gasteiger partial charge is 0.427 e. The van der Waals surface area contributed by atoms with Gasteiger partial charge < -0.3 is 38.3 Å². The van der Waals surface area contributed by atoms with Crippen LogP contribution >= 0.6 is 7.60 Å². The molecule has 2 aliphatic rings. The van der Waals surface area contributed by atoms with Crippen molar-refractivity contribution in [1.82, 2.24) is 10.6 Å². The number of thiol groups is 1. The lowest BCUT2D eigenvalue weighted by Gasteiger charge is -2.10. The van der Waals surface area contributed by atoms with Crippen LogP contribution in [0.4, 0.5) is 0 Å². The van der Waals surface area contributed by atoms with Gasteiger partial charge in [0.05, 0.1) is 26.4 Å². The molecule has 0 aliphatic carbocycles. The predicted molar refractivity (Wildman–Crippen MR) is 75.5 cm³/mol. The summed E-state index contributed by atoms with van der Waals surface area (Å²) >= 11 is -1.08. The summed E-state index contributed by atoms with van der Waals surface area (Å²) in [5.41, 5.74) is 0. The van der Waals surface area contributed by atoms with Gasteiger partial charge in [0.15, 0.2) is 0 Å². The summed E-state index contributed by atoms with van der Waals surface area (Å²) < 4.78 is 36.0. The number of rotatable bonds is 0. The van der Waals surface area contributed by atoms with Gasteiger partial charge in [-0.05, 0) is 0 Å². The molecule has 0 amide bonds. The average molecular weight is 335 g/mol. The molecule has 0 spiro atoms. The summed E-state index contributed by atoms with van der Waals surface area (Å²) in [6.07, 6.45) is 0. The maximum Gasteiger partial charge on any atom is 0.322 e. The van der Waals surface area contributed by atoms with E-state index < -0.39 is 19.2 Å². The zero-order chi connectivity index (χ0) is 15.7. The summed E-state index contributed by atoms with van der Waals surface area (Å²) in [7, 11) is -3.64. The van der Waals surface area contributed by atoms with Crippen LogP contribution in [0.25, 0.3) is 0 Å². The first-order valence-electron chi connectivity index (χ1n) is 5.96. The molecule has 2 aliphatic heterocycles. The Balaban J connectivity index is 0. The monoisotopic (exact) mass is 335 g/mol. The van der Waals surface area contributed by atoms with Crippen molar-refractivity contribution in [3.63, 3.8) is 0 Å². The Morgan fingerprint density at radius 1 is 0.900 bits per heavy atom. The number of nitrogens with one attached hydrogen (secondary N) is 2. The zero-order valence-corrected chi connectivity index (χ0v) is 13.3. The van der Waals surface area contributed by atoms with E-state index in [-0.39, 0.29) is 0 Å². The molecule has 2 rings (SSSR count). The zero-order valence-electron chi connectivity index (χ0n) is 11.5. The van der Waals surface area contributed by atoms with Crippen LogP contribution in [-0.4, -0.2) is 69.1 Å². The number of hydrogen-bond acceptors (Lipinski definition) is 8. The molecule has 11 heteroatoms. The Kier molecular flexibility index (Phi) is 18.9. The van der Waals surface area contributed by atoms with Crippen LogP contribution in [0, 0.1) is 0 Å². The molecule has 2 heterocycles. The van der Waals surface area contributed by atoms with Crippen molar-refractivity contribution in [3.8, 4) is 0 Å². The van der Waals surface area contributed by atoms with E-state index in [2.05, 4.69) is 10.6 Å². The average Bonchev–Trinajstić information content (AvgIpc) is 2.42. The second-order valence-corrected chi connectivity index (χ2v) is 5.45. The first-order chi connectivity index (χ1) is 9.41. The quantitative estimate of drug-likeness (QED) is 0.237. The van der Waals surface area contributed by atoms with Gasteiger partial charge in [-0.3, -0.25) is 4.57 Å². The van der Waals surface area contributed by atoms with Crippen molar-refractivity contribution in [2.75, 3.05) is 59.3 Å². The maximum absolute atomic E-state index is 9.33. The van der Waals surface area contributed by atoms with Gasteiger partial charge in [0.2, 0.25) is 0 Å². The molecule has 0 aromatic carbocycles. The van der Waals surface area contributed by atoms with Crippen LogP contribution in [0.1, 0.15) is 0 Å². The van der Waals surface area contributed by atoms with Gasteiger partial charge >= 0.3 is 7.60 Å². The molecular weight excluding hydrogens is 311 g/mol. The van der Waals surface area contributed by atoms with Crippen LogP contribution in [0.15, 0.2) is 0 Å². The first-order valence-corrected chi connectivity index (χ1v) is 8.75. The number of morpholine rings is 2. The van der Waals surface area contributed by atoms with E-state index >= 15 is 0 Å². The summed E-state index contributed by atoms with van der Waals surface area (Å²) in [5.74, 6) is 0. The number of ether oxygens (including phenoxy) is 2. The Hall–Kier alpha value is -0.0600. The third-order valence-corrected chi connectivity index (χ3v) is 1.69. The van der Waals surface area contributed by atoms with E-state index in [0.717, 1.165) is 59.3 Å². The van der Waals surface area contributed by atoms with E-state index in [1.54, 1.807) is 0 Å². The third-order valence-electron chi connectivity index (χ3n) is 1.69. The topological polar surface area (TPSA) is 134 Å². The fourth-order valence-corrected chi connectivity index (χ4v) is 1.03. The minimum Gasteiger partial charge on any atom is -0.427 e. The van der Waals surface area contributed by atoms with E-state index in [1.165, 1.54) is 0 Å². The second-order valence-electron chi connectivity index (χ2n) is 3.63. The van der Waals surface area contributed by atoms with Crippen LogP contribution in [-0.2, 0) is 34.0 Å². The van der Waals surface area contributed by atoms with Crippen LogP contribution in [0.2, 0.25) is 0 Å². The summed E-state index contributed by atoms with van der Waals surface area (Å²) in [4.78, 5) is 15.3. The molecule has 0 aromatic rings. The molecular formula is C9H24N2O7PS-. The summed E-state index contributed by atoms with van der Waals surface area (Å²) in [5, 5.41) is 6.32. The molecule has 9 nitrogen and oxygen atoms in total. The van der Waals surface area contributed by atoms with E-state index in [0.29, 0.717) is 0 Å². The number of hydrogen-bond donors (Lipinski definition) is 4. The van der Waals surface area contributed by atoms with E-state index in [1.807, 2.05) is 0 Å². The molecule has 0 bridgehead atoms. The fourth-order valence-electron chi connectivity index (χ4n) is 1.03. The lowest BCUT2D eigenvalue weighted by molar-refractivity contribution is 0.109. The van der Waals surface area contributed by atoms with Crippen LogP contribution in [0.3, 0.4) is 0 Å². The Morgan fingerprint density at radius 2 is 1.10 bits per heavy atom. The van der Waals surface area contributed by atoms with Crippen molar-refractivity contribution < 1.29 is 32.2 Å².